The summed E-state index contributed by atoms with van der Waals surface area (Å²) in [5.74, 6) is 2.11. The SMILES string of the molecule is COc1ccc(C(=O)CSc2nnc(-c3ccc(Br)cc3)n2C)cc1OC. The summed E-state index contributed by atoms with van der Waals surface area (Å²) in [5, 5.41) is 9.14. The van der Waals surface area contributed by atoms with Gasteiger partial charge in [-0.3, -0.25) is 4.79 Å². The molecule has 2 aromatic carbocycles. The summed E-state index contributed by atoms with van der Waals surface area (Å²) in [7, 11) is 5.00. The number of hydrogen-bond acceptors (Lipinski definition) is 6. The van der Waals surface area contributed by atoms with E-state index in [0.717, 1.165) is 15.9 Å². The smallest absolute Gasteiger partial charge is 0.191 e. The Bertz CT molecular complexity index is 957. The molecular formula is C19H18BrN3O3S. The Morgan fingerprint density at radius 2 is 1.78 bits per heavy atom. The van der Waals surface area contributed by atoms with Gasteiger partial charge in [0.2, 0.25) is 0 Å². The van der Waals surface area contributed by atoms with Crippen molar-refractivity contribution in [3.05, 3.63) is 52.5 Å². The number of carbonyl (C=O) groups excluding carboxylic acids is 1. The van der Waals surface area contributed by atoms with Crippen LogP contribution in [-0.2, 0) is 7.05 Å². The summed E-state index contributed by atoms with van der Waals surface area (Å²) in [4.78, 5) is 12.5. The molecule has 0 N–H and O–H groups in total. The lowest BCUT2D eigenvalue weighted by molar-refractivity contribution is 0.102. The van der Waals surface area contributed by atoms with Gasteiger partial charge in [-0.1, -0.05) is 39.8 Å². The fourth-order valence-corrected chi connectivity index (χ4v) is 3.58. The van der Waals surface area contributed by atoms with Crippen LogP contribution in [0.5, 0.6) is 11.5 Å². The van der Waals surface area contributed by atoms with Gasteiger partial charge in [0, 0.05) is 22.6 Å². The maximum Gasteiger partial charge on any atom is 0.191 e. The largest absolute Gasteiger partial charge is 0.493 e. The minimum atomic E-state index is -0.0193. The van der Waals surface area contributed by atoms with Gasteiger partial charge >= 0.3 is 0 Å². The first-order chi connectivity index (χ1) is 13.0. The molecule has 1 aromatic heterocycles. The lowest BCUT2D eigenvalue weighted by Crippen LogP contribution is -2.05. The van der Waals surface area contributed by atoms with Gasteiger partial charge < -0.3 is 14.0 Å². The van der Waals surface area contributed by atoms with Crippen molar-refractivity contribution in [3.8, 4) is 22.9 Å². The van der Waals surface area contributed by atoms with Crippen LogP contribution in [0, 0.1) is 0 Å². The van der Waals surface area contributed by atoms with Crippen molar-refractivity contribution >= 4 is 33.5 Å². The predicted molar refractivity (Wildman–Crippen MR) is 109 cm³/mol. The molecule has 0 bridgehead atoms. The zero-order valence-electron chi connectivity index (χ0n) is 15.1. The monoisotopic (exact) mass is 447 g/mol. The van der Waals surface area contributed by atoms with E-state index in [-0.39, 0.29) is 11.5 Å². The first-order valence-electron chi connectivity index (χ1n) is 8.07. The second kappa shape index (κ2) is 8.58. The number of hydrogen-bond donors (Lipinski definition) is 0. The molecule has 140 valence electrons. The zero-order valence-corrected chi connectivity index (χ0v) is 17.5. The van der Waals surface area contributed by atoms with Crippen LogP contribution in [0.15, 0.2) is 52.1 Å². The molecule has 3 aromatic rings. The number of thioether (sulfide) groups is 1. The number of rotatable bonds is 7. The van der Waals surface area contributed by atoms with Gasteiger partial charge in [0.05, 0.1) is 20.0 Å². The Kier molecular flexibility index (Phi) is 6.18. The summed E-state index contributed by atoms with van der Waals surface area (Å²) in [6.07, 6.45) is 0. The van der Waals surface area contributed by atoms with Crippen molar-refractivity contribution < 1.29 is 14.3 Å². The average molecular weight is 448 g/mol. The number of methoxy groups -OCH3 is 2. The lowest BCUT2D eigenvalue weighted by atomic mass is 10.1. The van der Waals surface area contributed by atoms with Crippen molar-refractivity contribution in [2.75, 3.05) is 20.0 Å². The number of ether oxygens (including phenoxy) is 2. The van der Waals surface area contributed by atoms with Crippen LogP contribution in [0.4, 0.5) is 0 Å². The summed E-state index contributed by atoms with van der Waals surface area (Å²) < 4.78 is 13.3. The fourth-order valence-electron chi connectivity index (χ4n) is 2.51. The topological polar surface area (TPSA) is 66.2 Å². The normalized spacial score (nSPS) is 10.7. The van der Waals surface area contributed by atoms with E-state index in [2.05, 4.69) is 26.1 Å². The van der Waals surface area contributed by atoms with Crippen molar-refractivity contribution in [2.45, 2.75) is 5.16 Å². The van der Waals surface area contributed by atoms with E-state index in [0.29, 0.717) is 22.2 Å². The second-order valence-electron chi connectivity index (χ2n) is 5.65. The third-order valence-electron chi connectivity index (χ3n) is 3.98. The maximum absolute atomic E-state index is 12.5. The molecule has 0 aliphatic carbocycles. The Hall–Kier alpha value is -2.32. The van der Waals surface area contributed by atoms with Gasteiger partial charge in [-0.05, 0) is 30.3 Å². The summed E-state index contributed by atoms with van der Waals surface area (Å²) in [6, 6.07) is 13.0. The maximum atomic E-state index is 12.5. The summed E-state index contributed by atoms with van der Waals surface area (Å²) in [5.41, 5.74) is 1.53. The number of aromatic nitrogens is 3. The molecule has 0 saturated carbocycles. The van der Waals surface area contributed by atoms with Crippen molar-refractivity contribution in [1.29, 1.82) is 0 Å². The molecule has 0 saturated heterocycles. The van der Waals surface area contributed by atoms with Gasteiger partial charge in [-0.15, -0.1) is 10.2 Å². The molecule has 0 aliphatic heterocycles. The highest BCUT2D eigenvalue weighted by Gasteiger charge is 2.15. The van der Waals surface area contributed by atoms with Crippen molar-refractivity contribution in [3.63, 3.8) is 0 Å². The Labute approximate surface area is 170 Å². The van der Waals surface area contributed by atoms with E-state index in [1.54, 1.807) is 32.4 Å². The summed E-state index contributed by atoms with van der Waals surface area (Å²) >= 11 is 4.77. The first-order valence-corrected chi connectivity index (χ1v) is 9.84. The quantitative estimate of drug-likeness (QED) is 0.398. The summed E-state index contributed by atoms with van der Waals surface area (Å²) in [6.45, 7) is 0. The van der Waals surface area contributed by atoms with E-state index in [4.69, 9.17) is 9.47 Å². The van der Waals surface area contributed by atoms with Gasteiger partial charge in [0.25, 0.3) is 0 Å². The van der Waals surface area contributed by atoms with Crippen LogP contribution in [0.2, 0.25) is 0 Å². The third kappa shape index (κ3) is 4.33. The van der Waals surface area contributed by atoms with Crippen molar-refractivity contribution in [1.82, 2.24) is 14.8 Å². The lowest BCUT2D eigenvalue weighted by Gasteiger charge is -2.09. The molecule has 3 rings (SSSR count). The standard InChI is InChI=1S/C19H18BrN3O3S/c1-23-18(12-4-7-14(20)8-5-12)21-22-19(23)27-11-15(24)13-6-9-16(25-2)17(10-13)26-3/h4-10H,11H2,1-3H3. The highest BCUT2D eigenvalue weighted by Crippen LogP contribution is 2.29. The van der Waals surface area contributed by atoms with Crippen molar-refractivity contribution in [2.24, 2.45) is 7.05 Å². The number of nitrogens with zero attached hydrogens (tertiary/aromatic N) is 3. The van der Waals surface area contributed by atoms with Gasteiger partial charge in [0.1, 0.15) is 0 Å². The molecule has 1 heterocycles. The predicted octanol–water partition coefficient (Wildman–Crippen LogP) is 4.24. The average Bonchev–Trinajstić information content (AvgIpc) is 3.06. The van der Waals surface area contributed by atoms with E-state index in [9.17, 15) is 4.79 Å². The van der Waals surface area contributed by atoms with Gasteiger partial charge in [-0.2, -0.15) is 0 Å². The molecule has 0 aliphatic rings. The zero-order chi connectivity index (χ0) is 19.4. The Morgan fingerprint density at radius 3 is 2.44 bits per heavy atom. The highest BCUT2D eigenvalue weighted by molar-refractivity contribution is 9.10. The van der Waals surface area contributed by atoms with E-state index < -0.39 is 0 Å². The molecule has 8 heteroatoms. The molecule has 0 amide bonds. The molecule has 0 fully saturated rings. The molecule has 0 atom stereocenters. The molecule has 6 nitrogen and oxygen atoms in total. The minimum Gasteiger partial charge on any atom is -0.493 e. The van der Waals surface area contributed by atoms with Crippen LogP contribution in [0.3, 0.4) is 0 Å². The fraction of sp³-hybridized carbons (Fsp3) is 0.211. The van der Waals surface area contributed by atoms with E-state index >= 15 is 0 Å². The van der Waals surface area contributed by atoms with Crippen LogP contribution >= 0.6 is 27.7 Å². The number of benzene rings is 2. The molecular weight excluding hydrogens is 430 g/mol. The van der Waals surface area contributed by atoms with Gasteiger partial charge in [-0.25, -0.2) is 0 Å². The molecule has 0 unspecified atom stereocenters. The Balaban J connectivity index is 1.72. The molecule has 0 spiro atoms. The number of halogens is 1. The number of carbonyl (C=O) groups is 1. The highest BCUT2D eigenvalue weighted by atomic mass is 79.9. The Morgan fingerprint density at radius 1 is 1.07 bits per heavy atom. The van der Waals surface area contributed by atoms with E-state index in [1.165, 1.54) is 11.8 Å². The number of ketones is 1. The van der Waals surface area contributed by atoms with Crippen LogP contribution in [0.1, 0.15) is 10.4 Å². The second-order valence-corrected chi connectivity index (χ2v) is 7.51. The van der Waals surface area contributed by atoms with Crippen LogP contribution < -0.4 is 9.47 Å². The van der Waals surface area contributed by atoms with Crippen LogP contribution in [-0.4, -0.2) is 40.5 Å². The van der Waals surface area contributed by atoms with E-state index in [1.807, 2.05) is 35.9 Å². The first kappa shape index (κ1) is 19.4. The third-order valence-corrected chi connectivity index (χ3v) is 5.52. The molecule has 0 radical (unpaired) electrons. The van der Waals surface area contributed by atoms with Crippen LogP contribution in [0.25, 0.3) is 11.4 Å². The molecule has 27 heavy (non-hydrogen) atoms. The minimum absolute atomic E-state index is 0.0193. The van der Waals surface area contributed by atoms with Gasteiger partial charge in [0.15, 0.2) is 28.3 Å². The number of Topliss-reactive ketones (excluding diaryl/α,β-unsaturated/α-hetero) is 1.